The third kappa shape index (κ3) is 3.94. The minimum atomic E-state index is -2.34. The van der Waals surface area contributed by atoms with Crippen LogP contribution in [0, 0.1) is 49.9 Å². The molecular weight excluding hydrogens is 507 g/mol. The van der Waals surface area contributed by atoms with Crippen LogP contribution in [0.4, 0.5) is 39.5 Å². The van der Waals surface area contributed by atoms with E-state index in [1.54, 1.807) is 6.92 Å². The van der Waals surface area contributed by atoms with Gasteiger partial charge in [0.2, 0.25) is 0 Å². The third-order valence-electron chi connectivity index (χ3n) is 7.17. The quantitative estimate of drug-likeness (QED) is 0.234. The Labute approximate surface area is 207 Å². The lowest BCUT2D eigenvalue weighted by molar-refractivity contribution is 0.478. The Kier molecular flexibility index (Phi) is 6.71. The van der Waals surface area contributed by atoms with Crippen LogP contribution in [0.3, 0.4) is 0 Å². The zero-order chi connectivity index (χ0) is 27.7. The number of rotatable bonds is 4. The van der Waals surface area contributed by atoms with Crippen molar-refractivity contribution in [1.29, 1.82) is 0 Å². The van der Waals surface area contributed by atoms with Crippen LogP contribution in [0.1, 0.15) is 64.3 Å². The van der Waals surface area contributed by atoms with Crippen LogP contribution in [0.25, 0.3) is 16.6 Å². The summed E-state index contributed by atoms with van der Waals surface area (Å²) >= 11 is 0. The Morgan fingerprint density at radius 1 is 0.757 bits per heavy atom. The molecule has 196 valence electrons. The maximum absolute atomic E-state index is 15.7. The molecule has 1 aliphatic rings. The Morgan fingerprint density at radius 2 is 1.38 bits per heavy atom. The zero-order valence-electron chi connectivity index (χ0n) is 20.5. The first-order valence-corrected chi connectivity index (χ1v) is 11.4. The molecule has 0 aromatic heterocycles. The zero-order valence-corrected chi connectivity index (χ0v) is 20.5. The van der Waals surface area contributed by atoms with E-state index < -0.39 is 75.3 Å². The predicted molar refractivity (Wildman–Crippen MR) is 123 cm³/mol. The van der Waals surface area contributed by atoms with Crippen LogP contribution in [0.15, 0.2) is 23.5 Å². The van der Waals surface area contributed by atoms with Crippen LogP contribution in [0.5, 0.6) is 0 Å². The van der Waals surface area contributed by atoms with Crippen molar-refractivity contribution in [3.8, 4) is 0 Å². The van der Waals surface area contributed by atoms with Gasteiger partial charge in [-0.05, 0) is 90.4 Å². The molecule has 3 aromatic rings. The molecule has 0 saturated carbocycles. The van der Waals surface area contributed by atoms with Gasteiger partial charge in [0, 0.05) is 6.42 Å². The van der Waals surface area contributed by atoms with E-state index in [-0.39, 0.29) is 28.0 Å². The van der Waals surface area contributed by atoms with Gasteiger partial charge in [-0.15, -0.1) is 0 Å². The van der Waals surface area contributed by atoms with Crippen molar-refractivity contribution >= 4 is 16.6 Å². The fourth-order valence-electron chi connectivity index (χ4n) is 5.23. The summed E-state index contributed by atoms with van der Waals surface area (Å²) in [7, 11) is 0. The van der Waals surface area contributed by atoms with Crippen molar-refractivity contribution in [3.05, 3.63) is 97.1 Å². The van der Waals surface area contributed by atoms with E-state index in [1.807, 2.05) is 0 Å². The number of hydrogen-bond acceptors (Lipinski definition) is 0. The molecule has 4 rings (SSSR count). The monoisotopic (exact) mass is 528 g/mol. The van der Waals surface area contributed by atoms with Crippen molar-refractivity contribution in [2.75, 3.05) is 0 Å². The topological polar surface area (TPSA) is 0 Å². The Balaban J connectivity index is 1.93. The Bertz CT molecular complexity index is 1560. The number of hydrogen-bond donors (Lipinski definition) is 0. The normalized spacial score (nSPS) is 16.4. The van der Waals surface area contributed by atoms with Gasteiger partial charge in [0.05, 0.1) is 10.9 Å². The van der Waals surface area contributed by atoms with Gasteiger partial charge in [0.15, 0.2) is 40.7 Å². The van der Waals surface area contributed by atoms with Crippen LogP contribution in [-0.4, -0.2) is 0 Å². The summed E-state index contributed by atoms with van der Waals surface area (Å²) in [5.74, 6) is -15.9. The summed E-state index contributed by atoms with van der Waals surface area (Å²) in [6, 6.07) is 0.681. The van der Waals surface area contributed by atoms with Crippen molar-refractivity contribution < 1.29 is 39.5 Å². The second-order valence-corrected chi connectivity index (χ2v) is 9.42. The highest BCUT2D eigenvalue weighted by Crippen LogP contribution is 2.46. The molecule has 0 fully saturated rings. The molecule has 3 aromatic carbocycles. The molecule has 1 atom stereocenters. The van der Waals surface area contributed by atoms with Gasteiger partial charge in [-0.25, -0.2) is 39.5 Å². The van der Waals surface area contributed by atoms with Crippen molar-refractivity contribution in [3.63, 3.8) is 0 Å². The number of aryl methyl sites for hydroxylation is 1. The minimum Gasteiger partial charge on any atom is -0.209 e. The molecule has 0 nitrogen and oxygen atoms in total. The standard InChI is InChI=1S/C28H21F9/c1-9-6-17(26(35)28(37)22(31)13(5)29)25(34)24(33)14(9)8-16-11(3)15-7-10(2)18-12(4)21(30)27(36)20(19(15)18)23(16)32/h6,10H,7-8H2,1-5H3/b22-13-,28-26-. The first-order chi connectivity index (χ1) is 17.2. The van der Waals surface area contributed by atoms with Gasteiger partial charge < -0.3 is 0 Å². The molecule has 1 aliphatic carbocycles. The van der Waals surface area contributed by atoms with Gasteiger partial charge in [-0.2, -0.15) is 0 Å². The highest BCUT2D eigenvalue weighted by molar-refractivity contribution is 5.95. The molecule has 0 bridgehead atoms. The molecule has 0 amide bonds. The van der Waals surface area contributed by atoms with Crippen LogP contribution in [0.2, 0.25) is 0 Å². The summed E-state index contributed by atoms with van der Waals surface area (Å²) in [6.07, 6.45) is -0.258. The maximum Gasteiger partial charge on any atom is 0.197 e. The maximum atomic E-state index is 15.7. The van der Waals surface area contributed by atoms with E-state index in [0.717, 1.165) is 0 Å². The van der Waals surface area contributed by atoms with Gasteiger partial charge in [-0.1, -0.05) is 6.92 Å². The minimum absolute atomic E-state index is 0.0823. The average Bonchev–Trinajstić information content (AvgIpc) is 3.19. The second-order valence-electron chi connectivity index (χ2n) is 9.42. The van der Waals surface area contributed by atoms with Gasteiger partial charge >= 0.3 is 0 Å². The van der Waals surface area contributed by atoms with Crippen LogP contribution >= 0.6 is 0 Å². The molecule has 1 unspecified atom stereocenters. The van der Waals surface area contributed by atoms with Crippen molar-refractivity contribution in [2.24, 2.45) is 0 Å². The summed E-state index contributed by atoms with van der Waals surface area (Å²) in [6.45, 7) is 6.46. The summed E-state index contributed by atoms with van der Waals surface area (Å²) in [5.41, 5.74) is -0.605. The van der Waals surface area contributed by atoms with Crippen molar-refractivity contribution in [1.82, 2.24) is 0 Å². The van der Waals surface area contributed by atoms with Gasteiger partial charge in [0.25, 0.3) is 0 Å². The van der Waals surface area contributed by atoms with Gasteiger partial charge in [0.1, 0.15) is 11.6 Å². The fraction of sp³-hybridized carbons (Fsp3) is 0.286. The lowest BCUT2D eigenvalue weighted by Gasteiger charge is -2.18. The lowest BCUT2D eigenvalue weighted by Crippen LogP contribution is -2.08. The molecular formula is C28H21F9. The molecule has 0 spiro atoms. The van der Waals surface area contributed by atoms with Crippen LogP contribution < -0.4 is 0 Å². The van der Waals surface area contributed by atoms with E-state index >= 15 is 8.78 Å². The van der Waals surface area contributed by atoms with Gasteiger partial charge in [-0.3, -0.25) is 0 Å². The lowest BCUT2D eigenvalue weighted by atomic mass is 9.88. The number of allylic oxidation sites excluding steroid dienone is 3. The first-order valence-electron chi connectivity index (χ1n) is 11.4. The van der Waals surface area contributed by atoms with E-state index in [9.17, 15) is 30.7 Å². The predicted octanol–water partition coefficient (Wildman–Crippen LogP) is 9.49. The number of benzene rings is 3. The molecule has 0 radical (unpaired) electrons. The Morgan fingerprint density at radius 3 is 1.97 bits per heavy atom. The average molecular weight is 528 g/mol. The van der Waals surface area contributed by atoms with E-state index in [2.05, 4.69) is 0 Å². The largest absolute Gasteiger partial charge is 0.209 e. The van der Waals surface area contributed by atoms with E-state index in [1.165, 1.54) is 20.8 Å². The Hall–Kier alpha value is -3.23. The summed E-state index contributed by atoms with van der Waals surface area (Å²) in [5, 5.41) is -0.310. The smallest absolute Gasteiger partial charge is 0.197 e. The SMILES string of the molecule is C/C(F)=C(F)\C(F)=C(\F)c1cc(C)c(Cc2c(C)c3c4c(c(C)c(F)c(F)c4c2F)C(C)C3)c(F)c1F. The molecule has 37 heavy (non-hydrogen) atoms. The first kappa shape index (κ1) is 26.8. The summed E-state index contributed by atoms with van der Waals surface area (Å²) < 4.78 is 130. The van der Waals surface area contributed by atoms with E-state index in [0.29, 0.717) is 36.1 Å². The van der Waals surface area contributed by atoms with Crippen LogP contribution in [-0.2, 0) is 12.8 Å². The summed E-state index contributed by atoms with van der Waals surface area (Å²) in [4.78, 5) is 0. The molecule has 0 aliphatic heterocycles. The highest BCUT2D eigenvalue weighted by atomic mass is 19.2. The molecule has 9 heteroatoms. The molecule has 0 saturated heterocycles. The second kappa shape index (κ2) is 9.26. The number of halogens is 9. The molecule has 0 N–H and O–H groups in total. The van der Waals surface area contributed by atoms with Crippen molar-refractivity contribution in [2.45, 2.75) is 53.4 Å². The fourth-order valence-corrected chi connectivity index (χ4v) is 5.23. The van der Waals surface area contributed by atoms with E-state index in [4.69, 9.17) is 0 Å². The highest BCUT2D eigenvalue weighted by Gasteiger charge is 2.33. The molecule has 0 heterocycles. The third-order valence-corrected chi connectivity index (χ3v) is 7.17.